The van der Waals surface area contributed by atoms with Crippen molar-refractivity contribution in [3.8, 4) is 0 Å². The van der Waals surface area contributed by atoms with E-state index in [1.807, 2.05) is 0 Å². The van der Waals surface area contributed by atoms with Gasteiger partial charge >= 0.3 is 12.1 Å². The van der Waals surface area contributed by atoms with Crippen LogP contribution in [-0.2, 0) is 14.3 Å². The number of amides is 1. The number of ether oxygens (including phenoxy) is 2. The second-order valence-electron chi connectivity index (χ2n) is 6.73. The molecule has 1 spiro atoms. The van der Waals surface area contributed by atoms with Crippen LogP contribution < -0.4 is 0 Å². The van der Waals surface area contributed by atoms with E-state index in [9.17, 15) is 14.7 Å². The lowest BCUT2D eigenvalue weighted by Gasteiger charge is -2.36. The van der Waals surface area contributed by atoms with Gasteiger partial charge in [0.1, 0.15) is 5.60 Å². The Labute approximate surface area is 119 Å². The lowest BCUT2D eigenvalue weighted by molar-refractivity contribution is -0.146. The molecule has 6 heteroatoms. The van der Waals surface area contributed by atoms with E-state index in [2.05, 4.69) is 0 Å². The number of likely N-dealkylation sites (tertiary alicyclic amines) is 1. The van der Waals surface area contributed by atoms with E-state index >= 15 is 0 Å². The van der Waals surface area contributed by atoms with E-state index < -0.39 is 23.6 Å². The molecule has 2 heterocycles. The van der Waals surface area contributed by atoms with Crippen molar-refractivity contribution < 1.29 is 24.2 Å². The topological polar surface area (TPSA) is 76.1 Å². The number of hydrogen-bond donors (Lipinski definition) is 1. The Hall–Kier alpha value is -1.30. The van der Waals surface area contributed by atoms with Gasteiger partial charge in [0.15, 0.2) is 0 Å². The summed E-state index contributed by atoms with van der Waals surface area (Å²) in [5.41, 5.74) is -0.928. The number of aliphatic carboxylic acids is 1. The Morgan fingerprint density at radius 1 is 1.30 bits per heavy atom. The van der Waals surface area contributed by atoms with Gasteiger partial charge in [0, 0.05) is 31.7 Å². The van der Waals surface area contributed by atoms with Gasteiger partial charge in [-0.25, -0.2) is 4.79 Å². The molecule has 0 aromatic rings. The van der Waals surface area contributed by atoms with Crippen LogP contribution >= 0.6 is 0 Å². The van der Waals surface area contributed by atoms with Crippen molar-refractivity contribution in [3.63, 3.8) is 0 Å². The molecule has 1 N–H and O–H groups in total. The summed E-state index contributed by atoms with van der Waals surface area (Å²) in [5, 5.41) is 9.44. The fourth-order valence-corrected chi connectivity index (χ4v) is 3.06. The Kier molecular flexibility index (Phi) is 3.95. The first-order valence-electron chi connectivity index (χ1n) is 7.02. The van der Waals surface area contributed by atoms with Gasteiger partial charge in [0.25, 0.3) is 0 Å². The van der Waals surface area contributed by atoms with Crippen molar-refractivity contribution >= 4 is 12.1 Å². The number of carbonyl (C=O) groups is 2. The van der Waals surface area contributed by atoms with Crippen LogP contribution in [0.5, 0.6) is 0 Å². The van der Waals surface area contributed by atoms with E-state index in [0.29, 0.717) is 32.6 Å². The minimum absolute atomic E-state index is 0.226. The second kappa shape index (κ2) is 5.24. The Bertz CT molecular complexity index is 395. The first kappa shape index (κ1) is 15.1. The van der Waals surface area contributed by atoms with Crippen molar-refractivity contribution in [1.82, 2.24) is 4.90 Å². The van der Waals surface area contributed by atoms with Crippen LogP contribution in [0.15, 0.2) is 0 Å². The van der Waals surface area contributed by atoms with Gasteiger partial charge in [-0.05, 0) is 33.6 Å². The highest BCUT2D eigenvalue weighted by atomic mass is 16.6. The minimum Gasteiger partial charge on any atom is -0.481 e. The fourth-order valence-electron chi connectivity index (χ4n) is 3.06. The predicted octanol–water partition coefficient (Wildman–Crippen LogP) is 1.73. The molecule has 0 aliphatic carbocycles. The summed E-state index contributed by atoms with van der Waals surface area (Å²) in [6.45, 7) is 7.21. The standard InChI is InChI=1S/C14H23NO5/c1-13(2,3)20-12(18)15-8-10(11(16)17)14(9-15)4-6-19-7-5-14/h10H,4-9H2,1-3H3,(H,16,17)/t10-/m0/s1. The maximum Gasteiger partial charge on any atom is 0.410 e. The number of hydrogen-bond acceptors (Lipinski definition) is 4. The molecule has 0 bridgehead atoms. The molecule has 6 nitrogen and oxygen atoms in total. The zero-order valence-corrected chi connectivity index (χ0v) is 12.3. The van der Waals surface area contributed by atoms with E-state index in [1.165, 1.54) is 4.90 Å². The monoisotopic (exact) mass is 285 g/mol. The first-order chi connectivity index (χ1) is 9.23. The third kappa shape index (κ3) is 3.06. The number of carboxylic acids is 1. The highest BCUT2D eigenvalue weighted by Gasteiger charge is 2.52. The molecule has 0 aromatic carbocycles. The normalized spacial score (nSPS) is 25.8. The van der Waals surface area contributed by atoms with E-state index in [4.69, 9.17) is 9.47 Å². The van der Waals surface area contributed by atoms with Crippen LogP contribution in [-0.4, -0.2) is 54.0 Å². The van der Waals surface area contributed by atoms with Crippen LogP contribution in [0.25, 0.3) is 0 Å². The van der Waals surface area contributed by atoms with E-state index in [1.54, 1.807) is 20.8 Å². The summed E-state index contributed by atoms with van der Waals surface area (Å²) in [4.78, 5) is 25.2. The maximum atomic E-state index is 12.1. The molecular formula is C14H23NO5. The van der Waals surface area contributed by atoms with Gasteiger partial charge in [-0.1, -0.05) is 0 Å². The van der Waals surface area contributed by atoms with E-state index in [-0.39, 0.29) is 12.0 Å². The second-order valence-corrected chi connectivity index (χ2v) is 6.73. The van der Waals surface area contributed by atoms with Gasteiger partial charge < -0.3 is 19.5 Å². The molecule has 2 saturated heterocycles. The zero-order valence-electron chi connectivity index (χ0n) is 12.3. The van der Waals surface area contributed by atoms with E-state index in [0.717, 1.165) is 0 Å². The summed E-state index contributed by atoms with van der Waals surface area (Å²) in [6, 6.07) is 0. The number of carboxylic acid groups (broad SMARTS) is 1. The molecule has 0 aromatic heterocycles. The minimum atomic E-state index is -0.835. The third-order valence-corrected chi connectivity index (χ3v) is 4.09. The van der Waals surface area contributed by atoms with Gasteiger partial charge in [-0.3, -0.25) is 4.79 Å². The summed E-state index contributed by atoms with van der Waals surface area (Å²) < 4.78 is 10.7. The number of carbonyl (C=O) groups excluding carboxylic acids is 1. The number of rotatable bonds is 1. The van der Waals surface area contributed by atoms with Crippen LogP contribution in [0.2, 0.25) is 0 Å². The Balaban J connectivity index is 2.12. The van der Waals surface area contributed by atoms with Crippen molar-refractivity contribution in [2.45, 2.75) is 39.2 Å². The van der Waals surface area contributed by atoms with Gasteiger partial charge in [-0.15, -0.1) is 0 Å². The van der Waals surface area contributed by atoms with Gasteiger partial charge in [0.05, 0.1) is 5.92 Å². The van der Waals surface area contributed by atoms with Crippen LogP contribution in [0.1, 0.15) is 33.6 Å². The molecule has 2 rings (SSSR count). The average molecular weight is 285 g/mol. The summed E-state index contributed by atoms with van der Waals surface area (Å²) >= 11 is 0. The molecule has 2 aliphatic heterocycles. The molecular weight excluding hydrogens is 262 g/mol. The average Bonchev–Trinajstić information content (AvgIpc) is 2.67. The van der Waals surface area contributed by atoms with Gasteiger partial charge in [0.2, 0.25) is 0 Å². The third-order valence-electron chi connectivity index (χ3n) is 4.09. The predicted molar refractivity (Wildman–Crippen MR) is 71.4 cm³/mol. The quantitative estimate of drug-likeness (QED) is 0.794. The van der Waals surface area contributed by atoms with Crippen molar-refractivity contribution in [2.75, 3.05) is 26.3 Å². The molecule has 1 atom stereocenters. The SMILES string of the molecule is CC(C)(C)OC(=O)N1C[C@@H](C(=O)O)C2(CCOCC2)C1. The zero-order chi connectivity index (χ0) is 15.0. The Morgan fingerprint density at radius 2 is 1.90 bits per heavy atom. The van der Waals surface area contributed by atoms with Crippen molar-refractivity contribution in [2.24, 2.45) is 11.3 Å². The lowest BCUT2D eigenvalue weighted by Crippen LogP contribution is -2.40. The first-order valence-corrected chi connectivity index (χ1v) is 7.02. The molecule has 114 valence electrons. The largest absolute Gasteiger partial charge is 0.481 e. The molecule has 2 fully saturated rings. The van der Waals surface area contributed by atoms with Crippen LogP contribution in [0, 0.1) is 11.3 Å². The van der Waals surface area contributed by atoms with Crippen LogP contribution in [0.3, 0.4) is 0 Å². The molecule has 0 saturated carbocycles. The van der Waals surface area contributed by atoms with Gasteiger partial charge in [-0.2, -0.15) is 0 Å². The highest BCUT2D eigenvalue weighted by molar-refractivity contribution is 5.75. The lowest BCUT2D eigenvalue weighted by atomic mass is 9.72. The van der Waals surface area contributed by atoms with Crippen molar-refractivity contribution in [1.29, 1.82) is 0 Å². The fraction of sp³-hybridized carbons (Fsp3) is 0.857. The summed E-state index contributed by atoms with van der Waals surface area (Å²) in [5.74, 6) is -1.36. The molecule has 0 unspecified atom stereocenters. The van der Waals surface area contributed by atoms with Crippen LogP contribution in [0.4, 0.5) is 4.79 Å². The molecule has 1 amide bonds. The summed E-state index contributed by atoms with van der Waals surface area (Å²) in [6.07, 6.45) is 0.944. The Morgan fingerprint density at radius 3 is 2.40 bits per heavy atom. The highest BCUT2D eigenvalue weighted by Crippen LogP contribution is 2.44. The number of nitrogens with zero attached hydrogens (tertiary/aromatic N) is 1. The summed E-state index contributed by atoms with van der Waals surface area (Å²) in [7, 11) is 0. The molecule has 2 aliphatic rings. The smallest absolute Gasteiger partial charge is 0.410 e. The molecule has 20 heavy (non-hydrogen) atoms. The molecule has 0 radical (unpaired) electrons. The van der Waals surface area contributed by atoms with Crippen molar-refractivity contribution in [3.05, 3.63) is 0 Å². The maximum absolute atomic E-state index is 12.1.